The molecule has 1 fully saturated rings. The van der Waals surface area contributed by atoms with Crippen molar-refractivity contribution in [3.8, 4) is 16.9 Å². The van der Waals surface area contributed by atoms with Crippen molar-refractivity contribution in [2.75, 3.05) is 26.8 Å². The summed E-state index contributed by atoms with van der Waals surface area (Å²) in [6, 6.07) is 14.1. The van der Waals surface area contributed by atoms with Gasteiger partial charge in [0, 0.05) is 12.5 Å². The lowest BCUT2D eigenvalue weighted by molar-refractivity contribution is -0.147. The van der Waals surface area contributed by atoms with Crippen LogP contribution in [0.3, 0.4) is 0 Å². The first-order valence-corrected chi connectivity index (χ1v) is 10.4. The van der Waals surface area contributed by atoms with E-state index in [9.17, 15) is 4.79 Å². The van der Waals surface area contributed by atoms with Crippen LogP contribution in [0.1, 0.15) is 42.0 Å². The third-order valence-electron chi connectivity index (χ3n) is 6.72. The average Bonchev–Trinajstić information content (AvgIpc) is 3.39. The molecular formula is C24H27NO3. The molecule has 0 saturated carbocycles. The van der Waals surface area contributed by atoms with E-state index in [1.165, 1.54) is 41.3 Å². The van der Waals surface area contributed by atoms with Gasteiger partial charge in [-0.05, 0) is 72.7 Å². The van der Waals surface area contributed by atoms with E-state index >= 15 is 0 Å². The van der Waals surface area contributed by atoms with Crippen LogP contribution < -0.4 is 4.74 Å². The molecule has 0 bridgehead atoms. The molecule has 0 spiro atoms. The number of nitrogens with zero attached hydrogens (tertiary/aromatic N) is 1. The molecule has 3 aliphatic rings. The van der Waals surface area contributed by atoms with Gasteiger partial charge in [0.15, 0.2) is 0 Å². The number of carbonyl (C=O) groups is 1. The van der Waals surface area contributed by atoms with Crippen molar-refractivity contribution < 1.29 is 14.3 Å². The highest BCUT2D eigenvalue weighted by molar-refractivity contribution is 5.72. The summed E-state index contributed by atoms with van der Waals surface area (Å²) >= 11 is 0. The fraction of sp³-hybridized carbons (Fsp3) is 0.458. The van der Waals surface area contributed by atoms with Crippen molar-refractivity contribution in [2.45, 2.75) is 38.1 Å². The van der Waals surface area contributed by atoms with Crippen LogP contribution in [0, 0.1) is 5.92 Å². The number of hydrogen-bond donors (Lipinski definition) is 0. The maximum absolute atomic E-state index is 11.8. The lowest BCUT2D eigenvalue weighted by atomic mass is 9.94. The van der Waals surface area contributed by atoms with Crippen LogP contribution in [0.2, 0.25) is 0 Å². The smallest absolute Gasteiger partial charge is 0.308 e. The Morgan fingerprint density at radius 1 is 1.00 bits per heavy atom. The Morgan fingerprint density at radius 2 is 1.79 bits per heavy atom. The molecule has 5 rings (SSSR count). The number of ether oxygens (including phenoxy) is 2. The van der Waals surface area contributed by atoms with E-state index in [-0.39, 0.29) is 11.9 Å². The first-order chi connectivity index (χ1) is 13.7. The Morgan fingerprint density at radius 3 is 2.61 bits per heavy atom. The molecule has 1 saturated heterocycles. The van der Waals surface area contributed by atoms with Crippen LogP contribution in [-0.2, 0) is 22.4 Å². The molecule has 2 aromatic rings. The third kappa shape index (κ3) is 3.10. The number of fused-ring (bicyclic) bond motifs is 2. The maximum Gasteiger partial charge on any atom is 0.308 e. The summed E-state index contributed by atoms with van der Waals surface area (Å²) in [5, 5.41) is 0. The van der Waals surface area contributed by atoms with E-state index in [4.69, 9.17) is 9.47 Å². The quantitative estimate of drug-likeness (QED) is 0.753. The number of likely N-dealkylation sites (tertiary alicyclic amines) is 1. The Labute approximate surface area is 166 Å². The average molecular weight is 377 g/mol. The van der Waals surface area contributed by atoms with Crippen LogP contribution in [0.15, 0.2) is 36.4 Å². The Hall–Kier alpha value is -2.33. The molecule has 1 aliphatic carbocycles. The number of hydrogen-bond acceptors (Lipinski definition) is 4. The molecule has 4 nitrogen and oxygen atoms in total. The van der Waals surface area contributed by atoms with Gasteiger partial charge in [-0.2, -0.15) is 0 Å². The highest BCUT2D eigenvalue weighted by Gasteiger charge is 2.33. The minimum Gasteiger partial charge on any atom is -0.493 e. The van der Waals surface area contributed by atoms with Gasteiger partial charge in [0.1, 0.15) is 5.75 Å². The first kappa shape index (κ1) is 17.7. The highest BCUT2D eigenvalue weighted by Crippen LogP contribution is 2.40. The number of methoxy groups -OCH3 is 1. The zero-order valence-corrected chi connectivity index (χ0v) is 16.4. The van der Waals surface area contributed by atoms with Gasteiger partial charge >= 0.3 is 5.97 Å². The van der Waals surface area contributed by atoms with Crippen LogP contribution >= 0.6 is 0 Å². The zero-order valence-electron chi connectivity index (χ0n) is 16.4. The van der Waals surface area contributed by atoms with E-state index in [1.54, 1.807) is 0 Å². The van der Waals surface area contributed by atoms with Gasteiger partial charge in [0.2, 0.25) is 0 Å². The molecule has 2 aromatic carbocycles. The Kier molecular flexibility index (Phi) is 4.59. The van der Waals surface area contributed by atoms with Crippen LogP contribution in [0.4, 0.5) is 0 Å². The number of aryl methyl sites for hydroxylation is 1. The Balaban J connectivity index is 1.33. The van der Waals surface area contributed by atoms with Gasteiger partial charge in [-0.25, -0.2) is 0 Å². The number of piperidine rings is 1. The van der Waals surface area contributed by atoms with Gasteiger partial charge < -0.3 is 9.47 Å². The SMILES string of the molecule is COC(=O)C1CCN(C2CCc3cc(-c4ccc5c(c4)OCC5)ccc32)CC1. The van der Waals surface area contributed by atoms with Crippen LogP contribution in [0.25, 0.3) is 11.1 Å². The zero-order chi connectivity index (χ0) is 19.1. The number of benzene rings is 2. The van der Waals surface area contributed by atoms with Gasteiger partial charge in [-0.3, -0.25) is 9.69 Å². The second-order valence-electron chi connectivity index (χ2n) is 8.22. The lowest BCUT2D eigenvalue weighted by Gasteiger charge is -2.35. The summed E-state index contributed by atoms with van der Waals surface area (Å²) < 4.78 is 10.7. The standard InChI is InChI=1S/C24H27NO3/c1-27-24(26)17-8-11-25(12-9-17)22-7-5-20-14-18(4-6-21(20)22)19-3-2-16-10-13-28-23(16)15-19/h2-4,6,14-15,17,22H,5,7-13H2,1H3. The second-order valence-corrected chi connectivity index (χ2v) is 8.22. The molecule has 0 N–H and O–H groups in total. The van der Waals surface area contributed by atoms with Gasteiger partial charge in [-0.15, -0.1) is 0 Å². The van der Waals surface area contributed by atoms with Crippen molar-refractivity contribution in [3.63, 3.8) is 0 Å². The predicted octanol–water partition coefficient (Wildman–Crippen LogP) is 4.16. The first-order valence-electron chi connectivity index (χ1n) is 10.4. The molecular weight excluding hydrogens is 350 g/mol. The highest BCUT2D eigenvalue weighted by atomic mass is 16.5. The molecule has 28 heavy (non-hydrogen) atoms. The van der Waals surface area contributed by atoms with E-state index in [0.29, 0.717) is 6.04 Å². The molecule has 0 aromatic heterocycles. The summed E-state index contributed by atoms with van der Waals surface area (Å²) in [5.74, 6) is 1.07. The summed E-state index contributed by atoms with van der Waals surface area (Å²) in [5.41, 5.74) is 6.78. The molecule has 2 aliphatic heterocycles. The van der Waals surface area contributed by atoms with Crippen molar-refractivity contribution in [2.24, 2.45) is 5.92 Å². The van der Waals surface area contributed by atoms with Crippen molar-refractivity contribution >= 4 is 5.97 Å². The summed E-state index contributed by atoms with van der Waals surface area (Å²) in [7, 11) is 1.49. The fourth-order valence-corrected chi connectivity index (χ4v) is 5.11. The molecule has 0 amide bonds. The van der Waals surface area contributed by atoms with E-state index < -0.39 is 0 Å². The summed E-state index contributed by atoms with van der Waals surface area (Å²) in [4.78, 5) is 14.4. The van der Waals surface area contributed by atoms with E-state index in [0.717, 1.165) is 51.1 Å². The van der Waals surface area contributed by atoms with Crippen LogP contribution in [0.5, 0.6) is 5.75 Å². The number of rotatable bonds is 3. The molecule has 1 unspecified atom stereocenters. The monoisotopic (exact) mass is 377 g/mol. The normalized spacial score (nSPS) is 21.8. The predicted molar refractivity (Wildman–Crippen MR) is 108 cm³/mol. The minimum absolute atomic E-state index is 0.0468. The minimum atomic E-state index is -0.0468. The second kappa shape index (κ2) is 7.25. The molecule has 146 valence electrons. The van der Waals surface area contributed by atoms with Gasteiger partial charge in [0.05, 0.1) is 19.6 Å². The fourth-order valence-electron chi connectivity index (χ4n) is 5.11. The molecule has 2 heterocycles. The largest absolute Gasteiger partial charge is 0.493 e. The molecule has 4 heteroatoms. The third-order valence-corrected chi connectivity index (χ3v) is 6.72. The summed E-state index contributed by atoms with van der Waals surface area (Å²) in [6.45, 7) is 2.76. The van der Waals surface area contributed by atoms with Crippen LogP contribution in [-0.4, -0.2) is 37.7 Å². The summed E-state index contributed by atoms with van der Waals surface area (Å²) in [6.07, 6.45) is 5.15. The molecule has 1 atom stereocenters. The Bertz CT molecular complexity index is 899. The number of carbonyl (C=O) groups excluding carboxylic acids is 1. The number of esters is 1. The van der Waals surface area contributed by atoms with Crippen molar-refractivity contribution in [3.05, 3.63) is 53.1 Å². The van der Waals surface area contributed by atoms with E-state index in [1.807, 2.05) is 0 Å². The van der Waals surface area contributed by atoms with Crippen molar-refractivity contribution in [1.29, 1.82) is 0 Å². The molecule has 0 radical (unpaired) electrons. The van der Waals surface area contributed by atoms with Gasteiger partial charge in [0.25, 0.3) is 0 Å². The topological polar surface area (TPSA) is 38.8 Å². The maximum atomic E-state index is 11.8. The lowest BCUT2D eigenvalue weighted by Crippen LogP contribution is -2.38. The van der Waals surface area contributed by atoms with Gasteiger partial charge in [-0.1, -0.05) is 30.3 Å². The van der Waals surface area contributed by atoms with Crippen molar-refractivity contribution in [1.82, 2.24) is 4.90 Å². The van der Waals surface area contributed by atoms with E-state index in [2.05, 4.69) is 41.3 Å².